The maximum Gasteiger partial charge on any atom is 0.325 e. The van der Waals surface area contributed by atoms with Crippen LogP contribution in [0, 0.1) is 6.92 Å². The highest BCUT2D eigenvalue weighted by atomic mass is 16.4. The minimum Gasteiger partial charge on any atom is -0.480 e. The molecule has 0 saturated carbocycles. The van der Waals surface area contributed by atoms with Crippen LogP contribution < -0.4 is 5.32 Å². The van der Waals surface area contributed by atoms with Gasteiger partial charge in [0.15, 0.2) is 0 Å². The second-order valence-corrected chi connectivity index (χ2v) is 3.35. The van der Waals surface area contributed by atoms with Crippen molar-refractivity contribution in [3.05, 3.63) is 17.6 Å². The van der Waals surface area contributed by atoms with E-state index in [1.807, 2.05) is 6.92 Å². The Morgan fingerprint density at radius 2 is 2.27 bits per heavy atom. The van der Waals surface area contributed by atoms with E-state index in [1.165, 1.54) is 0 Å². The van der Waals surface area contributed by atoms with Crippen LogP contribution in [-0.2, 0) is 11.2 Å². The summed E-state index contributed by atoms with van der Waals surface area (Å²) in [6.45, 7) is 5.35. The predicted octanol–water partition coefficient (Wildman–Crippen LogP) is 1.23. The third kappa shape index (κ3) is 3.19. The number of aliphatic carboxylic acids is 1. The van der Waals surface area contributed by atoms with Crippen molar-refractivity contribution in [2.75, 3.05) is 5.32 Å². The number of hydrogen-bond donors (Lipinski definition) is 2. The molecule has 0 aliphatic rings. The van der Waals surface area contributed by atoms with E-state index in [4.69, 9.17) is 5.11 Å². The van der Waals surface area contributed by atoms with Gasteiger partial charge >= 0.3 is 5.97 Å². The van der Waals surface area contributed by atoms with Crippen molar-refractivity contribution in [3.63, 3.8) is 0 Å². The van der Waals surface area contributed by atoms with Gasteiger partial charge in [0.2, 0.25) is 0 Å². The second-order valence-electron chi connectivity index (χ2n) is 3.35. The van der Waals surface area contributed by atoms with Crippen LogP contribution in [0.3, 0.4) is 0 Å². The molecule has 5 heteroatoms. The number of hydrogen-bond acceptors (Lipinski definition) is 4. The van der Waals surface area contributed by atoms with Crippen LogP contribution in [0.25, 0.3) is 0 Å². The van der Waals surface area contributed by atoms with Crippen LogP contribution in [0.1, 0.15) is 25.4 Å². The molecule has 1 aromatic heterocycles. The van der Waals surface area contributed by atoms with E-state index in [0.717, 1.165) is 12.1 Å². The average molecular weight is 209 g/mol. The fraction of sp³-hybridized carbons (Fsp3) is 0.500. The molecule has 82 valence electrons. The first-order valence-corrected chi connectivity index (χ1v) is 4.86. The molecule has 0 fully saturated rings. The van der Waals surface area contributed by atoms with Gasteiger partial charge in [-0.25, -0.2) is 9.97 Å². The highest BCUT2D eigenvalue weighted by Gasteiger charge is 2.11. The fourth-order valence-electron chi connectivity index (χ4n) is 1.17. The van der Waals surface area contributed by atoms with Crippen LogP contribution in [0.4, 0.5) is 5.82 Å². The molecule has 1 aromatic rings. The standard InChI is InChI=1S/C10H15N3O2/c1-4-8-5-9(13-7(3)12-8)11-6(2)10(14)15/h5-6H,4H2,1-3H3,(H,14,15)(H,11,12,13). The Morgan fingerprint density at radius 3 is 2.80 bits per heavy atom. The second kappa shape index (κ2) is 4.72. The Hall–Kier alpha value is -1.65. The monoisotopic (exact) mass is 209 g/mol. The number of carbonyl (C=O) groups is 1. The molecule has 0 amide bonds. The largest absolute Gasteiger partial charge is 0.480 e. The van der Waals surface area contributed by atoms with Crippen molar-refractivity contribution in [2.24, 2.45) is 0 Å². The Balaban J connectivity index is 2.85. The molecule has 0 spiro atoms. The van der Waals surface area contributed by atoms with Gasteiger partial charge in [-0.1, -0.05) is 6.92 Å². The Bertz CT molecular complexity index is 366. The summed E-state index contributed by atoms with van der Waals surface area (Å²) in [7, 11) is 0. The zero-order chi connectivity index (χ0) is 11.4. The van der Waals surface area contributed by atoms with E-state index >= 15 is 0 Å². The molecule has 15 heavy (non-hydrogen) atoms. The lowest BCUT2D eigenvalue weighted by molar-refractivity contribution is -0.137. The molecule has 1 heterocycles. The number of nitrogens with zero attached hydrogens (tertiary/aromatic N) is 2. The SMILES string of the molecule is CCc1cc(NC(C)C(=O)O)nc(C)n1. The Labute approximate surface area is 88.6 Å². The molecule has 1 rings (SSSR count). The lowest BCUT2D eigenvalue weighted by Gasteiger charge is -2.11. The van der Waals surface area contributed by atoms with Crippen LogP contribution in [0.5, 0.6) is 0 Å². The van der Waals surface area contributed by atoms with Crippen molar-refractivity contribution in [3.8, 4) is 0 Å². The lowest BCUT2D eigenvalue weighted by Crippen LogP contribution is -2.26. The average Bonchev–Trinajstić information content (AvgIpc) is 2.16. The summed E-state index contributed by atoms with van der Waals surface area (Å²) < 4.78 is 0. The molecule has 1 atom stereocenters. The summed E-state index contributed by atoms with van der Waals surface area (Å²) in [5.41, 5.74) is 0.905. The van der Waals surface area contributed by atoms with E-state index in [0.29, 0.717) is 11.6 Å². The summed E-state index contributed by atoms with van der Waals surface area (Å²) in [5.74, 6) is 0.313. The highest BCUT2D eigenvalue weighted by Crippen LogP contribution is 2.08. The fourth-order valence-corrected chi connectivity index (χ4v) is 1.17. The summed E-state index contributed by atoms with van der Waals surface area (Å²) in [6.07, 6.45) is 0.805. The zero-order valence-electron chi connectivity index (χ0n) is 9.11. The van der Waals surface area contributed by atoms with Crippen molar-refractivity contribution in [1.29, 1.82) is 0 Å². The molecule has 0 aliphatic carbocycles. The quantitative estimate of drug-likeness (QED) is 0.780. The molecule has 1 unspecified atom stereocenters. The maximum absolute atomic E-state index is 10.6. The van der Waals surface area contributed by atoms with Crippen molar-refractivity contribution in [2.45, 2.75) is 33.2 Å². The van der Waals surface area contributed by atoms with Crippen LogP contribution in [0.15, 0.2) is 6.07 Å². The summed E-state index contributed by atoms with van der Waals surface area (Å²) >= 11 is 0. The molecule has 0 saturated heterocycles. The first-order chi connectivity index (χ1) is 7.02. The topological polar surface area (TPSA) is 75.1 Å². The minimum absolute atomic E-state index is 0.564. The van der Waals surface area contributed by atoms with Gasteiger partial charge in [0, 0.05) is 11.8 Å². The molecule has 5 nitrogen and oxygen atoms in total. The molecule has 0 radical (unpaired) electrons. The Morgan fingerprint density at radius 1 is 1.60 bits per heavy atom. The number of anilines is 1. The van der Waals surface area contributed by atoms with Gasteiger partial charge in [-0.2, -0.15) is 0 Å². The number of rotatable bonds is 4. The predicted molar refractivity (Wildman–Crippen MR) is 56.9 cm³/mol. The van der Waals surface area contributed by atoms with Gasteiger partial charge in [-0.3, -0.25) is 4.79 Å². The Kier molecular flexibility index (Phi) is 3.60. The van der Waals surface area contributed by atoms with Gasteiger partial charge in [0.1, 0.15) is 17.7 Å². The van der Waals surface area contributed by atoms with Gasteiger partial charge in [0.05, 0.1) is 0 Å². The van der Waals surface area contributed by atoms with Crippen molar-refractivity contribution < 1.29 is 9.90 Å². The van der Waals surface area contributed by atoms with E-state index < -0.39 is 12.0 Å². The third-order valence-electron chi connectivity index (χ3n) is 1.99. The maximum atomic E-state index is 10.6. The zero-order valence-corrected chi connectivity index (χ0v) is 9.11. The minimum atomic E-state index is -0.899. The van der Waals surface area contributed by atoms with E-state index in [9.17, 15) is 4.79 Å². The highest BCUT2D eigenvalue weighted by molar-refractivity contribution is 5.76. The van der Waals surface area contributed by atoms with Gasteiger partial charge < -0.3 is 10.4 Å². The van der Waals surface area contributed by atoms with Gasteiger partial charge in [-0.05, 0) is 20.3 Å². The lowest BCUT2D eigenvalue weighted by atomic mass is 10.3. The number of aromatic nitrogens is 2. The summed E-state index contributed by atoms with van der Waals surface area (Å²) in [4.78, 5) is 19.0. The molecule has 0 aromatic carbocycles. The first kappa shape index (κ1) is 11.4. The molecule has 2 N–H and O–H groups in total. The van der Waals surface area contributed by atoms with Crippen molar-refractivity contribution in [1.82, 2.24) is 9.97 Å². The molecular formula is C10H15N3O2. The number of nitrogens with one attached hydrogen (secondary N) is 1. The molecule has 0 aliphatic heterocycles. The first-order valence-electron chi connectivity index (χ1n) is 4.86. The van der Waals surface area contributed by atoms with Crippen molar-refractivity contribution >= 4 is 11.8 Å². The smallest absolute Gasteiger partial charge is 0.325 e. The summed E-state index contributed by atoms with van der Waals surface area (Å²) in [6, 6.07) is 1.12. The molecular weight excluding hydrogens is 194 g/mol. The number of aryl methyl sites for hydroxylation is 2. The third-order valence-corrected chi connectivity index (χ3v) is 1.99. The van der Waals surface area contributed by atoms with Gasteiger partial charge in [0.25, 0.3) is 0 Å². The van der Waals surface area contributed by atoms with E-state index in [1.54, 1.807) is 19.9 Å². The number of carboxylic acids is 1. The molecule has 0 bridgehead atoms. The van der Waals surface area contributed by atoms with E-state index in [2.05, 4.69) is 15.3 Å². The van der Waals surface area contributed by atoms with Crippen LogP contribution in [0.2, 0.25) is 0 Å². The van der Waals surface area contributed by atoms with Gasteiger partial charge in [-0.15, -0.1) is 0 Å². The normalized spacial score (nSPS) is 12.2. The van der Waals surface area contributed by atoms with E-state index in [-0.39, 0.29) is 0 Å². The van der Waals surface area contributed by atoms with Crippen LogP contribution >= 0.6 is 0 Å². The van der Waals surface area contributed by atoms with Crippen LogP contribution in [-0.4, -0.2) is 27.1 Å². The number of carboxylic acid groups (broad SMARTS) is 1. The summed E-state index contributed by atoms with van der Waals surface area (Å²) in [5, 5.41) is 11.5.